The summed E-state index contributed by atoms with van der Waals surface area (Å²) in [5.74, 6) is 2.08. The Hall–Kier alpha value is -3.19. The van der Waals surface area contributed by atoms with Crippen molar-refractivity contribution in [3.8, 4) is 17.0 Å². The Morgan fingerprint density at radius 1 is 1.14 bits per heavy atom. The molecule has 0 unspecified atom stereocenters. The van der Waals surface area contributed by atoms with Gasteiger partial charge in [-0.25, -0.2) is 4.98 Å². The van der Waals surface area contributed by atoms with Crippen molar-refractivity contribution >= 4 is 17.5 Å². The number of morpholine rings is 1. The molecule has 1 aliphatic rings. The lowest BCUT2D eigenvalue weighted by atomic mass is 10.1. The third-order valence-corrected chi connectivity index (χ3v) is 4.56. The van der Waals surface area contributed by atoms with Gasteiger partial charge in [-0.3, -0.25) is 4.98 Å². The first-order chi connectivity index (χ1) is 13.7. The number of hydrogen-bond acceptors (Lipinski definition) is 7. The van der Waals surface area contributed by atoms with Crippen molar-refractivity contribution in [2.45, 2.75) is 0 Å². The second-order valence-corrected chi connectivity index (χ2v) is 6.40. The lowest BCUT2D eigenvalue weighted by Gasteiger charge is -2.28. The molecule has 0 spiro atoms. The quantitative estimate of drug-likeness (QED) is 0.732. The van der Waals surface area contributed by atoms with E-state index >= 15 is 0 Å². The summed E-state index contributed by atoms with van der Waals surface area (Å²) in [6, 6.07) is 11.6. The van der Waals surface area contributed by atoms with Crippen molar-refractivity contribution in [2.75, 3.05) is 43.6 Å². The Labute approximate surface area is 164 Å². The molecule has 0 bridgehead atoms. The summed E-state index contributed by atoms with van der Waals surface area (Å²) in [6.45, 7) is 7.07. The molecule has 143 valence electrons. The predicted molar refractivity (Wildman–Crippen MR) is 109 cm³/mol. The molecule has 4 rings (SSSR count). The normalized spacial score (nSPS) is 14.0. The fourth-order valence-corrected chi connectivity index (χ4v) is 3.06. The highest BCUT2D eigenvalue weighted by atomic mass is 16.5. The van der Waals surface area contributed by atoms with Gasteiger partial charge in [-0.2, -0.15) is 4.98 Å². The third kappa shape index (κ3) is 3.89. The molecule has 1 N–H and O–H groups in total. The number of benzene rings is 1. The smallest absolute Gasteiger partial charge is 0.228 e. The Morgan fingerprint density at radius 3 is 2.75 bits per heavy atom. The summed E-state index contributed by atoms with van der Waals surface area (Å²) in [5, 5.41) is 3.33. The number of aromatic nitrogens is 3. The number of anilines is 3. The minimum Gasteiger partial charge on any atom is -0.497 e. The molecule has 0 amide bonds. The molecule has 3 heterocycles. The maximum Gasteiger partial charge on any atom is 0.228 e. The van der Waals surface area contributed by atoms with Gasteiger partial charge in [0.25, 0.3) is 0 Å². The number of methoxy groups -OCH3 is 1. The molecule has 0 aliphatic carbocycles. The first kappa shape index (κ1) is 18.2. The molecule has 1 aliphatic heterocycles. The predicted octanol–water partition coefficient (Wildman–Crippen LogP) is 3.31. The lowest BCUT2D eigenvalue weighted by Crippen LogP contribution is -2.37. The average Bonchev–Trinajstić information content (AvgIpc) is 2.76. The molecule has 28 heavy (non-hydrogen) atoms. The van der Waals surface area contributed by atoms with Gasteiger partial charge in [0.05, 0.1) is 37.9 Å². The van der Waals surface area contributed by atoms with Gasteiger partial charge in [0.2, 0.25) is 5.95 Å². The summed E-state index contributed by atoms with van der Waals surface area (Å²) in [5.41, 5.74) is 3.25. The van der Waals surface area contributed by atoms with Crippen molar-refractivity contribution in [1.82, 2.24) is 15.0 Å². The van der Waals surface area contributed by atoms with Gasteiger partial charge in [-0.15, -0.1) is 0 Å². The topological polar surface area (TPSA) is 72.4 Å². The van der Waals surface area contributed by atoms with Gasteiger partial charge in [-0.05, 0) is 31.2 Å². The Bertz CT molecular complexity index is 943. The van der Waals surface area contributed by atoms with E-state index in [9.17, 15) is 0 Å². The van der Waals surface area contributed by atoms with Crippen LogP contribution in [-0.2, 0) is 4.74 Å². The fourth-order valence-electron chi connectivity index (χ4n) is 3.06. The molecule has 1 saturated heterocycles. The zero-order chi connectivity index (χ0) is 19.3. The van der Waals surface area contributed by atoms with Crippen LogP contribution in [0.2, 0.25) is 0 Å². The molecule has 2 aromatic heterocycles. The van der Waals surface area contributed by atoms with Crippen LogP contribution in [0.15, 0.2) is 48.8 Å². The van der Waals surface area contributed by atoms with E-state index in [1.807, 2.05) is 36.4 Å². The molecule has 1 radical (unpaired) electrons. The zero-order valence-corrected chi connectivity index (χ0v) is 15.8. The monoisotopic (exact) mass is 376 g/mol. The Kier molecular flexibility index (Phi) is 5.34. The van der Waals surface area contributed by atoms with Crippen LogP contribution in [0.25, 0.3) is 11.3 Å². The standard InChI is InChI=1S/C21H22N5O2/c1-15-19(16-5-3-7-18(13-16)27-2)24-21(26-9-11-28-12-10-26)25-20(15)23-17-6-4-8-22-14-17/h3-8,13-14H,1,9-12H2,2H3,(H,23,24,25). The summed E-state index contributed by atoms with van der Waals surface area (Å²) in [7, 11) is 1.65. The maximum atomic E-state index is 5.47. The molecular formula is C21H22N5O2. The lowest BCUT2D eigenvalue weighted by molar-refractivity contribution is 0.122. The number of nitrogens with one attached hydrogen (secondary N) is 1. The number of nitrogens with zero attached hydrogens (tertiary/aromatic N) is 4. The highest BCUT2D eigenvalue weighted by Gasteiger charge is 2.19. The largest absolute Gasteiger partial charge is 0.497 e. The van der Waals surface area contributed by atoms with Gasteiger partial charge >= 0.3 is 0 Å². The number of ether oxygens (including phenoxy) is 2. The van der Waals surface area contributed by atoms with Crippen LogP contribution in [-0.4, -0.2) is 48.4 Å². The summed E-state index contributed by atoms with van der Waals surface area (Å²) < 4.78 is 10.8. The van der Waals surface area contributed by atoms with Crippen LogP contribution in [0, 0.1) is 6.92 Å². The Balaban J connectivity index is 1.80. The van der Waals surface area contributed by atoms with Crippen LogP contribution in [0.1, 0.15) is 5.56 Å². The maximum absolute atomic E-state index is 5.47. The minimum atomic E-state index is 0.653. The molecule has 0 atom stereocenters. The second kappa shape index (κ2) is 8.22. The highest BCUT2D eigenvalue weighted by Crippen LogP contribution is 2.31. The van der Waals surface area contributed by atoms with E-state index in [2.05, 4.69) is 22.1 Å². The molecule has 0 saturated carbocycles. The van der Waals surface area contributed by atoms with E-state index in [0.717, 1.165) is 35.8 Å². The van der Waals surface area contributed by atoms with Crippen LogP contribution < -0.4 is 15.0 Å². The van der Waals surface area contributed by atoms with E-state index in [0.29, 0.717) is 30.5 Å². The Morgan fingerprint density at radius 2 is 2.00 bits per heavy atom. The van der Waals surface area contributed by atoms with E-state index in [-0.39, 0.29) is 0 Å². The molecule has 3 aromatic rings. The molecule has 7 heteroatoms. The summed E-state index contributed by atoms with van der Waals surface area (Å²) in [6.07, 6.45) is 3.48. The van der Waals surface area contributed by atoms with Gasteiger partial charge in [0, 0.05) is 30.4 Å². The fraction of sp³-hybridized carbons (Fsp3) is 0.238. The van der Waals surface area contributed by atoms with Crippen molar-refractivity contribution in [3.05, 3.63) is 61.3 Å². The van der Waals surface area contributed by atoms with Crippen molar-refractivity contribution < 1.29 is 9.47 Å². The van der Waals surface area contributed by atoms with Crippen LogP contribution in [0.3, 0.4) is 0 Å². The first-order valence-electron chi connectivity index (χ1n) is 9.13. The number of hydrogen-bond donors (Lipinski definition) is 1. The second-order valence-electron chi connectivity index (χ2n) is 6.40. The van der Waals surface area contributed by atoms with E-state index in [4.69, 9.17) is 19.4 Å². The number of rotatable bonds is 5. The molecule has 7 nitrogen and oxygen atoms in total. The van der Waals surface area contributed by atoms with Crippen LogP contribution in [0.5, 0.6) is 5.75 Å². The average molecular weight is 376 g/mol. The minimum absolute atomic E-state index is 0.653. The van der Waals surface area contributed by atoms with Crippen molar-refractivity contribution in [2.24, 2.45) is 0 Å². The number of pyridine rings is 1. The first-order valence-corrected chi connectivity index (χ1v) is 9.13. The van der Waals surface area contributed by atoms with Gasteiger partial charge in [0.15, 0.2) is 0 Å². The van der Waals surface area contributed by atoms with Crippen LogP contribution >= 0.6 is 0 Å². The summed E-state index contributed by atoms with van der Waals surface area (Å²) >= 11 is 0. The van der Waals surface area contributed by atoms with Crippen LogP contribution in [0.4, 0.5) is 17.5 Å². The zero-order valence-electron chi connectivity index (χ0n) is 15.8. The van der Waals surface area contributed by atoms with Gasteiger partial charge in [-0.1, -0.05) is 12.1 Å². The molecule has 1 fully saturated rings. The molecule has 1 aromatic carbocycles. The summed E-state index contributed by atoms with van der Waals surface area (Å²) in [4.78, 5) is 15.9. The van der Waals surface area contributed by atoms with Crippen molar-refractivity contribution in [3.63, 3.8) is 0 Å². The van der Waals surface area contributed by atoms with Crippen molar-refractivity contribution in [1.29, 1.82) is 0 Å². The van der Waals surface area contributed by atoms with E-state index < -0.39 is 0 Å². The molecular weight excluding hydrogens is 354 g/mol. The van der Waals surface area contributed by atoms with E-state index in [1.165, 1.54) is 0 Å². The third-order valence-electron chi connectivity index (χ3n) is 4.56. The highest BCUT2D eigenvalue weighted by molar-refractivity contribution is 5.74. The SMILES string of the molecule is [CH2]c1c(Nc2cccnc2)nc(N2CCOCC2)nc1-c1cccc(OC)c1. The van der Waals surface area contributed by atoms with Gasteiger partial charge < -0.3 is 19.7 Å². The van der Waals surface area contributed by atoms with Gasteiger partial charge in [0.1, 0.15) is 11.6 Å². The van der Waals surface area contributed by atoms with E-state index in [1.54, 1.807) is 19.5 Å².